The van der Waals surface area contributed by atoms with Gasteiger partial charge in [0.05, 0.1) is 11.4 Å². The lowest BCUT2D eigenvalue weighted by Crippen LogP contribution is -2.48. The van der Waals surface area contributed by atoms with Crippen molar-refractivity contribution in [2.24, 2.45) is 5.92 Å². The van der Waals surface area contributed by atoms with Crippen LogP contribution in [0.5, 0.6) is 11.5 Å². The van der Waals surface area contributed by atoms with Crippen molar-refractivity contribution in [3.63, 3.8) is 0 Å². The van der Waals surface area contributed by atoms with Crippen LogP contribution in [0.1, 0.15) is 63.3 Å². The molecule has 0 spiro atoms. The minimum atomic E-state index is -0.323. The molecule has 4 amide bonds. The van der Waals surface area contributed by atoms with Gasteiger partial charge in [-0.15, -0.1) is 0 Å². The third-order valence-electron chi connectivity index (χ3n) is 9.57. The van der Waals surface area contributed by atoms with Crippen molar-refractivity contribution in [1.82, 2.24) is 14.7 Å². The number of hydrogen-bond donors (Lipinski definition) is 3. The smallest absolute Gasteiger partial charge is 0.324 e. The number of amides is 4. The average molecular weight is 649 g/mol. The van der Waals surface area contributed by atoms with Gasteiger partial charge in [0, 0.05) is 41.0 Å². The molecular weight excluding hydrogens is 604 g/mol. The van der Waals surface area contributed by atoms with Gasteiger partial charge in [-0.2, -0.15) is 5.10 Å². The van der Waals surface area contributed by atoms with Crippen molar-refractivity contribution in [3.05, 3.63) is 89.6 Å². The van der Waals surface area contributed by atoms with Crippen LogP contribution >= 0.6 is 0 Å². The zero-order chi connectivity index (χ0) is 33.4. The minimum Gasteiger partial charge on any atom is -0.486 e. The lowest BCUT2D eigenvalue weighted by atomic mass is 9.86. The van der Waals surface area contributed by atoms with Crippen LogP contribution in [0.15, 0.2) is 72.8 Å². The van der Waals surface area contributed by atoms with Crippen molar-refractivity contribution >= 4 is 29.3 Å². The van der Waals surface area contributed by atoms with Gasteiger partial charge in [0.2, 0.25) is 0 Å². The van der Waals surface area contributed by atoms with Crippen LogP contribution in [0.4, 0.5) is 26.8 Å². The molecule has 2 bridgehead atoms. The Morgan fingerprint density at radius 3 is 2.27 bits per heavy atom. The van der Waals surface area contributed by atoms with E-state index in [1.165, 1.54) is 5.56 Å². The maximum atomic E-state index is 13.4. The first-order valence-electron chi connectivity index (χ1n) is 16.9. The Morgan fingerprint density at radius 1 is 0.833 bits per heavy atom. The Kier molecular flexibility index (Phi) is 8.49. The van der Waals surface area contributed by atoms with Crippen LogP contribution in [0.25, 0.3) is 5.69 Å². The van der Waals surface area contributed by atoms with E-state index >= 15 is 0 Å². The Hall–Kier alpha value is -4.99. The minimum absolute atomic E-state index is 0.0480. The summed E-state index contributed by atoms with van der Waals surface area (Å²) in [7, 11) is 0. The zero-order valence-electron chi connectivity index (χ0n) is 28.1. The third kappa shape index (κ3) is 6.83. The molecule has 3 aromatic carbocycles. The summed E-state index contributed by atoms with van der Waals surface area (Å²) in [6.07, 6.45) is 4.86. The number of hydrogen-bond acceptors (Lipinski definition) is 5. The van der Waals surface area contributed by atoms with E-state index in [4.69, 9.17) is 14.6 Å². The van der Waals surface area contributed by atoms with Crippen LogP contribution in [-0.2, 0) is 11.8 Å². The predicted octanol–water partition coefficient (Wildman–Crippen LogP) is 7.91. The highest BCUT2D eigenvalue weighted by molar-refractivity contribution is 5.99. The average Bonchev–Trinajstić information content (AvgIpc) is 3.60. The number of aromatic nitrogens is 2. The first kappa shape index (κ1) is 31.6. The molecule has 7 rings (SSSR count). The molecule has 10 nitrogen and oxygen atoms in total. The van der Waals surface area contributed by atoms with Crippen molar-refractivity contribution in [1.29, 1.82) is 0 Å². The Balaban J connectivity index is 0.972. The fraction of sp³-hybridized carbons (Fsp3) is 0.395. The second kappa shape index (κ2) is 12.9. The summed E-state index contributed by atoms with van der Waals surface area (Å²) in [5, 5.41) is 14.0. The summed E-state index contributed by atoms with van der Waals surface area (Å²) in [5.74, 6) is 2.45. The van der Waals surface area contributed by atoms with Crippen molar-refractivity contribution in [2.45, 2.75) is 77.3 Å². The number of nitrogens with one attached hydrogen (secondary N) is 3. The Bertz CT molecular complexity index is 1800. The number of rotatable bonds is 6. The van der Waals surface area contributed by atoms with E-state index in [9.17, 15) is 9.59 Å². The fourth-order valence-corrected chi connectivity index (χ4v) is 7.20. The lowest BCUT2D eigenvalue weighted by molar-refractivity contribution is 0.131. The van der Waals surface area contributed by atoms with Crippen LogP contribution in [0.2, 0.25) is 0 Å². The molecule has 2 atom stereocenters. The van der Waals surface area contributed by atoms with E-state index < -0.39 is 0 Å². The SMILES string of the molecule is Cc1ccc(-n2nc(C(C)(C)C)cc2NC(=O)Nc2cccc(CC3CC4CCC(C3)N4C(=O)Nc3ccc4c(c3)OCCO4)c2)cc1. The van der Waals surface area contributed by atoms with Gasteiger partial charge >= 0.3 is 12.1 Å². The van der Waals surface area contributed by atoms with Crippen LogP contribution in [-0.4, -0.2) is 52.0 Å². The van der Waals surface area contributed by atoms with E-state index in [0.717, 1.165) is 54.7 Å². The van der Waals surface area contributed by atoms with Gasteiger partial charge in [-0.3, -0.25) is 5.32 Å². The maximum Gasteiger partial charge on any atom is 0.324 e. The molecular formula is C38H44N6O4. The molecule has 2 fully saturated rings. The quantitative estimate of drug-likeness (QED) is 0.197. The molecule has 2 unspecified atom stereocenters. The Morgan fingerprint density at radius 2 is 1.54 bits per heavy atom. The van der Waals surface area contributed by atoms with E-state index in [2.05, 4.69) is 53.8 Å². The van der Waals surface area contributed by atoms with Crippen molar-refractivity contribution < 1.29 is 19.1 Å². The van der Waals surface area contributed by atoms with Crippen molar-refractivity contribution in [3.8, 4) is 17.2 Å². The van der Waals surface area contributed by atoms with Crippen molar-refractivity contribution in [2.75, 3.05) is 29.2 Å². The molecule has 3 N–H and O–H groups in total. The third-order valence-corrected chi connectivity index (χ3v) is 9.57. The molecule has 0 saturated carbocycles. The molecule has 4 heterocycles. The fourth-order valence-electron chi connectivity index (χ4n) is 7.20. The maximum absolute atomic E-state index is 13.4. The summed E-state index contributed by atoms with van der Waals surface area (Å²) in [6.45, 7) is 9.41. The largest absolute Gasteiger partial charge is 0.486 e. The molecule has 4 aromatic rings. The second-order valence-corrected chi connectivity index (χ2v) is 14.3. The molecule has 48 heavy (non-hydrogen) atoms. The van der Waals surface area contributed by atoms with E-state index in [1.807, 2.05) is 67.6 Å². The molecule has 3 aliphatic rings. The van der Waals surface area contributed by atoms with E-state index in [0.29, 0.717) is 42.1 Å². The zero-order valence-corrected chi connectivity index (χ0v) is 28.1. The molecule has 0 aliphatic carbocycles. The normalized spacial score (nSPS) is 19.9. The summed E-state index contributed by atoms with van der Waals surface area (Å²) >= 11 is 0. The monoisotopic (exact) mass is 648 g/mol. The summed E-state index contributed by atoms with van der Waals surface area (Å²) in [5.41, 5.74) is 5.38. The number of aryl methyl sites for hydroxylation is 1. The highest BCUT2D eigenvalue weighted by Gasteiger charge is 2.43. The predicted molar refractivity (Wildman–Crippen MR) is 188 cm³/mol. The van der Waals surface area contributed by atoms with Gasteiger partial charge < -0.3 is 25.0 Å². The topological polar surface area (TPSA) is 110 Å². The van der Waals surface area contributed by atoms with Gasteiger partial charge in [0.1, 0.15) is 19.0 Å². The number of urea groups is 2. The van der Waals surface area contributed by atoms with Gasteiger partial charge in [0.15, 0.2) is 11.5 Å². The molecule has 3 aliphatic heterocycles. The Labute approximate surface area is 281 Å². The van der Waals surface area contributed by atoms with Gasteiger partial charge in [-0.1, -0.05) is 50.6 Å². The summed E-state index contributed by atoms with van der Waals surface area (Å²) in [6, 6.07) is 23.7. The van der Waals surface area contributed by atoms with Gasteiger partial charge in [-0.05, 0) is 86.9 Å². The van der Waals surface area contributed by atoms with Crippen LogP contribution < -0.4 is 25.4 Å². The molecule has 2 saturated heterocycles. The molecule has 250 valence electrons. The number of piperidine rings is 1. The first-order valence-corrected chi connectivity index (χ1v) is 16.9. The second-order valence-electron chi connectivity index (χ2n) is 14.3. The van der Waals surface area contributed by atoms with E-state index in [-0.39, 0.29) is 29.6 Å². The number of anilines is 3. The highest BCUT2D eigenvalue weighted by atomic mass is 16.6. The summed E-state index contributed by atoms with van der Waals surface area (Å²) in [4.78, 5) is 28.7. The van der Waals surface area contributed by atoms with Gasteiger partial charge in [0.25, 0.3) is 0 Å². The standard InChI is InChI=1S/C38H44N6O4/c1-24-8-11-29(12-9-24)44-35(23-34(42-44)38(2,3)4)41-36(45)39-27-7-5-6-25(19-27)18-26-20-30-13-14-31(21-26)43(30)37(46)40-28-10-15-32-33(22-28)48-17-16-47-32/h5-12,15,19,22-23,26,30-31H,13-14,16-18,20-21H2,1-4H3,(H,40,46)(H2,39,41,45). The van der Waals surface area contributed by atoms with E-state index in [1.54, 1.807) is 4.68 Å². The van der Waals surface area contributed by atoms with Crippen LogP contribution in [0, 0.1) is 12.8 Å². The molecule has 1 aromatic heterocycles. The molecule has 0 radical (unpaired) electrons. The van der Waals surface area contributed by atoms with Crippen LogP contribution in [0.3, 0.4) is 0 Å². The number of fused-ring (bicyclic) bond motifs is 3. The number of nitrogens with zero attached hydrogens (tertiary/aromatic N) is 3. The number of carbonyl (C=O) groups is 2. The highest BCUT2D eigenvalue weighted by Crippen LogP contribution is 2.41. The van der Waals surface area contributed by atoms with Gasteiger partial charge in [-0.25, -0.2) is 14.3 Å². The number of benzene rings is 3. The number of ether oxygens (including phenoxy) is 2. The lowest BCUT2D eigenvalue weighted by Gasteiger charge is -2.39. The first-order chi connectivity index (χ1) is 23.1. The summed E-state index contributed by atoms with van der Waals surface area (Å²) < 4.78 is 13.1. The number of carbonyl (C=O) groups excluding carboxylic acids is 2. The molecule has 10 heteroatoms.